The summed E-state index contributed by atoms with van der Waals surface area (Å²) in [6, 6.07) is 1.76. The van der Waals surface area contributed by atoms with E-state index in [0.717, 1.165) is 17.7 Å². The van der Waals surface area contributed by atoms with Crippen molar-refractivity contribution in [3.8, 4) is 17.2 Å². The molecule has 0 aromatic heterocycles. The predicted molar refractivity (Wildman–Crippen MR) is 185 cm³/mol. The second kappa shape index (κ2) is 18.1. The van der Waals surface area contributed by atoms with Crippen molar-refractivity contribution in [1.29, 1.82) is 0 Å². The molecular weight excluding hydrogens is 760 g/mol. The van der Waals surface area contributed by atoms with Gasteiger partial charge >= 0.3 is 18.1 Å². The largest absolute Gasteiger partial charge is 0.514 e. The molecule has 3 fully saturated rings. The number of phenols is 2. The summed E-state index contributed by atoms with van der Waals surface area (Å²) in [5.41, 5.74) is -2.76. The molecule has 316 valence electrons. The van der Waals surface area contributed by atoms with Crippen LogP contribution in [0.1, 0.15) is 94.8 Å². The molecular formula is C37H50N2O18. The van der Waals surface area contributed by atoms with E-state index in [1.807, 2.05) is 0 Å². The molecule has 5 rings (SSSR count). The van der Waals surface area contributed by atoms with Crippen molar-refractivity contribution in [1.82, 2.24) is 10.8 Å². The molecule has 4 aliphatic carbocycles. The minimum atomic E-state index is -1.88. The van der Waals surface area contributed by atoms with Crippen molar-refractivity contribution in [2.75, 3.05) is 26.4 Å². The fraction of sp³-hybridized carbons (Fsp3) is 0.649. The third-order valence-corrected chi connectivity index (χ3v) is 12.3. The van der Waals surface area contributed by atoms with E-state index in [1.165, 1.54) is 0 Å². The quantitative estimate of drug-likeness (QED) is 0.0295. The van der Waals surface area contributed by atoms with Crippen LogP contribution in [0.25, 0.3) is 0 Å². The highest BCUT2D eigenvalue weighted by atomic mass is 17.1. The van der Waals surface area contributed by atoms with Gasteiger partial charge in [-0.05, 0) is 99.2 Å². The van der Waals surface area contributed by atoms with Gasteiger partial charge in [0.05, 0.1) is 42.3 Å². The number of aliphatic hydroxyl groups excluding tert-OH is 1. The number of hydrogen-bond donors (Lipinski definition) is 7. The van der Waals surface area contributed by atoms with Gasteiger partial charge in [0.1, 0.15) is 0 Å². The fourth-order valence-corrected chi connectivity index (χ4v) is 9.71. The molecule has 0 aliphatic heterocycles. The van der Waals surface area contributed by atoms with Gasteiger partial charge in [-0.25, -0.2) is 9.59 Å². The first-order valence-electron chi connectivity index (χ1n) is 18.8. The van der Waals surface area contributed by atoms with E-state index in [-0.39, 0.29) is 87.4 Å². The van der Waals surface area contributed by atoms with Gasteiger partial charge in [-0.3, -0.25) is 44.9 Å². The van der Waals surface area contributed by atoms with Crippen molar-refractivity contribution >= 4 is 29.7 Å². The molecule has 20 nitrogen and oxygen atoms in total. The fourth-order valence-electron chi connectivity index (χ4n) is 9.71. The Morgan fingerprint density at radius 1 is 0.877 bits per heavy atom. The molecule has 0 spiro atoms. The summed E-state index contributed by atoms with van der Waals surface area (Å²) in [7, 11) is 0. The van der Waals surface area contributed by atoms with Crippen LogP contribution in [0.2, 0.25) is 0 Å². The number of ketones is 2. The number of phenolic OH excluding ortho intramolecular Hbond substituents is 2. The highest BCUT2D eigenvalue weighted by Gasteiger charge is 2.70. The predicted octanol–water partition coefficient (Wildman–Crippen LogP) is 3.71. The summed E-state index contributed by atoms with van der Waals surface area (Å²) in [4.78, 5) is 74.5. The molecule has 7 atom stereocenters. The Morgan fingerprint density at radius 2 is 1.56 bits per heavy atom. The zero-order valence-corrected chi connectivity index (χ0v) is 31.7. The van der Waals surface area contributed by atoms with Crippen LogP contribution in [-0.2, 0) is 38.3 Å². The number of nitrogens with zero attached hydrogens (tertiary/aromatic N) is 2. The van der Waals surface area contributed by atoms with Gasteiger partial charge in [0, 0.05) is 18.3 Å². The van der Waals surface area contributed by atoms with E-state index in [4.69, 9.17) is 39.8 Å². The average Bonchev–Trinajstić information content (AvgIpc) is 3.43. The zero-order chi connectivity index (χ0) is 41.7. The number of carbonyl (C=O) groups is 5. The van der Waals surface area contributed by atoms with E-state index in [0.29, 0.717) is 32.1 Å². The van der Waals surface area contributed by atoms with E-state index < -0.39 is 81.0 Å². The van der Waals surface area contributed by atoms with E-state index in [2.05, 4.69) is 16.6 Å². The Bertz CT molecular complexity index is 1720. The lowest BCUT2D eigenvalue weighted by atomic mass is 9.45. The average molecular weight is 811 g/mol. The number of Topliss-reactive ketones (excluding diaryl/α,β-unsaturated/α-hetero) is 1. The Balaban J connectivity index is 1.31. The monoisotopic (exact) mass is 810 g/mol. The summed E-state index contributed by atoms with van der Waals surface area (Å²) in [6.45, 7) is 2.38. The third-order valence-electron chi connectivity index (χ3n) is 12.3. The molecule has 1 aromatic carbocycles. The van der Waals surface area contributed by atoms with Crippen molar-refractivity contribution in [3.05, 3.63) is 29.3 Å². The summed E-state index contributed by atoms with van der Waals surface area (Å²) in [5.74, 6) is -5.54. The van der Waals surface area contributed by atoms with Gasteiger partial charge in [-0.1, -0.05) is 19.4 Å². The second-order valence-electron chi connectivity index (χ2n) is 15.4. The molecule has 1 aromatic rings. The second-order valence-corrected chi connectivity index (χ2v) is 15.4. The number of aliphatic hydroxyl groups is 1. The molecule has 0 radical (unpaired) electrons. The normalized spacial score (nSPS) is 29.2. The number of carbonyl (C=O) groups excluding carboxylic acids is 5. The minimum absolute atomic E-state index is 0.0186. The molecule has 0 amide bonds. The number of ether oxygens (including phenoxy) is 4. The van der Waals surface area contributed by atoms with Crippen LogP contribution < -0.4 is 4.74 Å². The number of allylic oxidation sites excluding steroid dienone is 1. The van der Waals surface area contributed by atoms with Crippen molar-refractivity contribution in [3.63, 3.8) is 0 Å². The summed E-state index contributed by atoms with van der Waals surface area (Å²) in [6.07, 6.45) is 2.21. The number of benzene rings is 1. The smallest absolute Gasteiger partial charge is 0.504 e. The van der Waals surface area contributed by atoms with E-state index in [1.54, 1.807) is 13.0 Å². The highest BCUT2D eigenvalue weighted by Crippen LogP contribution is 2.68. The Labute approximate surface area is 326 Å². The van der Waals surface area contributed by atoms with Crippen molar-refractivity contribution in [2.24, 2.45) is 28.6 Å². The van der Waals surface area contributed by atoms with E-state index in [9.17, 15) is 39.3 Å². The third kappa shape index (κ3) is 9.40. The maximum Gasteiger partial charge on any atom is 0.514 e. The number of esters is 2. The summed E-state index contributed by atoms with van der Waals surface area (Å²) < 4.78 is 21.4. The van der Waals surface area contributed by atoms with Gasteiger partial charge in [0.25, 0.3) is 0 Å². The molecule has 20 heteroatoms. The first-order chi connectivity index (χ1) is 26.9. The van der Waals surface area contributed by atoms with Gasteiger partial charge < -0.3 is 34.3 Å². The molecule has 7 N–H and O–H groups in total. The molecule has 57 heavy (non-hydrogen) atoms. The maximum absolute atomic E-state index is 14.4. The molecule has 2 unspecified atom stereocenters. The van der Waals surface area contributed by atoms with E-state index >= 15 is 0 Å². The van der Waals surface area contributed by atoms with Crippen LogP contribution in [0.4, 0.5) is 4.79 Å². The van der Waals surface area contributed by atoms with Crippen LogP contribution in [0.3, 0.4) is 0 Å². The zero-order valence-electron chi connectivity index (χ0n) is 31.7. The summed E-state index contributed by atoms with van der Waals surface area (Å²) in [5, 5.41) is 66.3. The minimum Gasteiger partial charge on any atom is -0.504 e. The van der Waals surface area contributed by atoms with Crippen LogP contribution in [-0.4, -0.2) is 115 Å². The van der Waals surface area contributed by atoms with Crippen LogP contribution in [0.5, 0.6) is 17.2 Å². The summed E-state index contributed by atoms with van der Waals surface area (Å²) >= 11 is 0. The van der Waals surface area contributed by atoms with Crippen LogP contribution >= 0.6 is 0 Å². The Kier molecular flexibility index (Phi) is 13.9. The van der Waals surface area contributed by atoms with Crippen LogP contribution in [0, 0.1) is 28.6 Å². The molecule has 0 bridgehead atoms. The Morgan fingerprint density at radius 3 is 2.26 bits per heavy atom. The van der Waals surface area contributed by atoms with Gasteiger partial charge in [-0.2, -0.15) is 0 Å². The molecule has 3 saturated carbocycles. The van der Waals surface area contributed by atoms with Crippen LogP contribution in [0.15, 0.2) is 23.8 Å². The maximum atomic E-state index is 14.4. The molecule has 0 heterocycles. The van der Waals surface area contributed by atoms with Gasteiger partial charge in [-0.15, -0.1) is 0 Å². The first-order valence-corrected chi connectivity index (χ1v) is 18.8. The standard InChI is InChI=1S/C37H50N2O18/c1-35-11-9-23(40)18-22(35)7-8-24-25-10-12-37(36(25,2)19-27(42)31(24)35,57-30(44)6-5-15-55-39(50)51)29(43)20-53-34(47)56-28-17-21(16-26(41)32(28)45)33(46)52-13-3-4-14-54-38(48)49/h16-18,24-25,27,31,41-42,45,48-51H,3-15,19-20H2,1-2H3/t24?,25?,27-,31+,35-,36-,37-/m0/s1. The lowest BCUT2D eigenvalue weighted by Gasteiger charge is -2.60. The highest BCUT2D eigenvalue weighted by molar-refractivity contribution is 5.94. The number of rotatable bonds is 17. The lowest BCUT2D eigenvalue weighted by molar-refractivity contribution is -0.492. The van der Waals surface area contributed by atoms with Crippen molar-refractivity contribution < 1.29 is 88.7 Å². The number of aromatic hydroxyl groups is 2. The molecule has 4 aliphatic rings. The van der Waals surface area contributed by atoms with Gasteiger partial charge in [0.2, 0.25) is 11.5 Å². The SMILES string of the molecule is C[C@]12CCC(=O)C=C1CCC1C3CC[C@](OC(=O)CCCON(O)O)(C(=O)COC(=O)Oc4cc(C(=O)OCCCCON(O)O)cc(O)c4O)[C@@]3(C)C[C@H](O)[C@@H]12. The number of hydrogen-bond acceptors (Lipinski definition) is 20. The topological polar surface area (TPSA) is 289 Å². The molecule has 0 saturated heterocycles. The van der Waals surface area contributed by atoms with Gasteiger partial charge in [0.15, 0.2) is 29.5 Å². The van der Waals surface area contributed by atoms with Crippen molar-refractivity contribution in [2.45, 2.75) is 96.2 Å². The first kappa shape index (κ1) is 43.9. The number of fused-ring (bicyclic) bond motifs is 5. The number of unbranched alkanes of at least 4 members (excludes halogenated alkanes) is 1. The lowest BCUT2D eigenvalue weighted by Crippen LogP contribution is -2.63. The Hall–Kier alpha value is -4.25.